The van der Waals surface area contributed by atoms with E-state index >= 15 is 0 Å². The molecule has 1 rings (SSSR count). The van der Waals surface area contributed by atoms with Gasteiger partial charge >= 0.3 is 0 Å². The number of aliphatic hydroxyl groups is 1. The first-order chi connectivity index (χ1) is 5.24. The maximum atomic E-state index is 9.33. The van der Waals surface area contributed by atoms with Crippen LogP contribution in [0.3, 0.4) is 0 Å². The van der Waals surface area contributed by atoms with Gasteiger partial charge in [0.25, 0.3) is 0 Å². The molecule has 0 bridgehead atoms. The summed E-state index contributed by atoms with van der Waals surface area (Å²) in [7, 11) is 0. The third-order valence-corrected chi connectivity index (χ3v) is 1.41. The van der Waals surface area contributed by atoms with Crippen molar-refractivity contribution in [1.82, 2.24) is 9.97 Å². The van der Waals surface area contributed by atoms with E-state index in [9.17, 15) is 5.11 Å². The van der Waals surface area contributed by atoms with E-state index in [1.165, 1.54) is 6.20 Å². The molecule has 0 amide bonds. The summed E-state index contributed by atoms with van der Waals surface area (Å²) in [6, 6.07) is 0. The zero-order chi connectivity index (χ0) is 8.27. The summed E-state index contributed by atoms with van der Waals surface area (Å²) >= 11 is 0. The molecule has 1 aromatic rings. The minimum atomic E-state index is -0.579. The molecule has 1 unspecified atom stereocenters. The van der Waals surface area contributed by atoms with Crippen molar-refractivity contribution in [3.63, 3.8) is 0 Å². The van der Waals surface area contributed by atoms with Crippen molar-refractivity contribution in [2.75, 3.05) is 12.3 Å². The quantitative estimate of drug-likeness (QED) is 0.468. The summed E-state index contributed by atoms with van der Waals surface area (Å²) < 4.78 is 0. The van der Waals surface area contributed by atoms with Gasteiger partial charge in [0.2, 0.25) is 0 Å². The standard InChI is InChI=1S/C6H12N4O/c7-2-1-5(11)4-3-9-6(8)10-4/h3,5,11H,1-2,7H2,(H3,8,9,10). The lowest BCUT2D eigenvalue weighted by atomic mass is 10.2. The van der Waals surface area contributed by atoms with E-state index in [0.29, 0.717) is 24.6 Å². The highest BCUT2D eigenvalue weighted by atomic mass is 16.3. The van der Waals surface area contributed by atoms with Crippen molar-refractivity contribution >= 4 is 5.95 Å². The molecule has 5 nitrogen and oxygen atoms in total. The molecule has 5 heteroatoms. The lowest BCUT2D eigenvalue weighted by molar-refractivity contribution is 0.166. The Labute approximate surface area is 64.4 Å². The third kappa shape index (κ3) is 1.92. The largest absolute Gasteiger partial charge is 0.387 e. The fourth-order valence-corrected chi connectivity index (χ4v) is 0.834. The molecule has 1 atom stereocenters. The van der Waals surface area contributed by atoms with Crippen LogP contribution < -0.4 is 11.5 Å². The first kappa shape index (κ1) is 8.03. The minimum absolute atomic E-state index is 0.316. The van der Waals surface area contributed by atoms with Crippen LogP contribution in [0.25, 0.3) is 0 Å². The van der Waals surface area contributed by atoms with E-state index in [1.807, 2.05) is 0 Å². The highest BCUT2D eigenvalue weighted by Gasteiger charge is 2.07. The number of hydrogen-bond donors (Lipinski definition) is 4. The Morgan fingerprint density at radius 2 is 2.45 bits per heavy atom. The van der Waals surface area contributed by atoms with Crippen molar-refractivity contribution in [2.45, 2.75) is 12.5 Å². The molecule has 0 aliphatic heterocycles. The molecule has 0 radical (unpaired) electrons. The molecule has 0 fully saturated rings. The molecular formula is C6H12N4O. The van der Waals surface area contributed by atoms with Crippen LogP contribution in [0.4, 0.5) is 5.95 Å². The van der Waals surface area contributed by atoms with Crippen LogP contribution in [0.1, 0.15) is 18.2 Å². The van der Waals surface area contributed by atoms with Crippen LogP contribution >= 0.6 is 0 Å². The fourth-order valence-electron chi connectivity index (χ4n) is 0.834. The topological polar surface area (TPSA) is 101 Å². The Morgan fingerprint density at radius 1 is 1.73 bits per heavy atom. The highest BCUT2D eigenvalue weighted by molar-refractivity contribution is 5.19. The monoisotopic (exact) mass is 156 g/mol. The summed E-state index contributed by atoms with van der Waals surface area (Å²) in [6.07, 6.45) is 1.45. The Hall–Kier alpha value is -1.07. The molecule has 0 saturated carbocycles. The number of nitrogen functional groups attached to an aromatic ring is 1. The number of nitrogens with two attached hydrogens (primary N) is 2. The van der Waals surface area contributed by atoms with Crippen LogP contribution in [0.2, 0.25) is 0 Å². The maximum absolute atomic E-state index is 9.33. The molecule has 0 saturated heterocycles. The SMILES string of the molecule is NCCC(O)c1cnc(N)[nH]1. The number of nitrogens with zero attached hydrogens (tertiary/aromatic N) is 1. The van der Waals surface area contributed by atoms with Gasteiger partial charge in [-0.2, -0.15) is 0 Å². The van der Waals surface area contributed by atoms with Gasteiger partial charge in [0.1, 0.15) is 0 Å². The first-order valence-corrected chi connectivity index (χ1v) is 3.42. The number of nitrogens with one attached hydrogen (secondary N) is 1. The average molecular weight is 156 g/mol. The van der Waals surface area contributed by atoms with Gasteiger partial charge in [-0.1, -0.05) is 0 Å². The molecule has 0 aliphatic rings. The number of aromatic nitrogens is 2. The summed E-state index contributed by atoms with van der Waals surface area (Å²) in [6.45, 7) is 0.445. The zero-order valence-electron chi connectivity index (χ0n) is 6.12. The Bertz CT molecular complexity index is 222. The Balaban J connectivity index is 2.60. The number of hydrogen-bond acceptors (Lipinski definition) is 4. The highest BCUT2D eigenvalue weighted by Crippen LogP contribution is 2.13. The molecule has 62 valence electrons. The van der Waals surface area contributed by atoms with E-state index in [-0.39, 0.29) is 0 Å². The number of rotatable bonds is 3. The summed E-state index contributed by atoms with van der Waals surface area (Å²) in [4.78, 5) is 6.46. The van der Waals surface area contributed by atoms with E-state index in [1.54, 1.807) is 0 Å². The molecule has 1 aromatic heterocycles. The second-order valence-electron chi connectivity index (χ2n) is 2.32. The van der Waals surface area contributed by atoms with Crippen molar-refractivity contribution in [3.8, 4) is 0 Å². The van der Waals surface area contributed by atoms with Crippen LogP contribution in [0, 0.1) is 0 Å². The smallest absolute Gasteiger partial charge is 0.197 e. The van der Waals surface area contributed by atoms with Crippen molar-refractivity contribution in [2.24, 2.45) is 5.73 Å². The molecule has 11 heavy (non-hydrogen) atoms. The number of imidazole rings is 1. The maximum Gasteiger partial charge on any atom is 0.197 e. The lowest BCUT2D eigenvalue weighted by Crippen LogP contribution is -2.06. The molecule has 6 N–H and O–H groups in total. The minimum Gasteiger partial charge on any atom is -0.387 e. The van der Waals surface area contributed by atoms with Crippen molar-refractivity contribution < 1.29 is 5.11 Å². The predicted octanol–water partition coefficient (Wildman–Crippen LogP) is -0.626. The molecule has 0 aromatic carbocycles. The van der Waals surface area contributed by atoms with Crippen LogP contribution in [0.15, 0.2) is 6.20 Å². The Morgan fingerprint density at radius 3 is 2.91 bits per heavy atom. The lowest BCUT2D eigenvalue weighted by Gasteiger charge is -2.04. The molecule has 0 spiro atoms. The van der Waals surface area contributed by atoms with E-state index in [2.05, 4.69) is 9.97 Å². The number of aromatic amines is 1. The van der Waals surface area contributed by atoms with Crippen molar-refractivity contribution in [3.05, 3.63) is 11.9 Å². The van der Waals surface area contributed by atoms with Crippen LogP contribution in [0.5, 0.6) is 0 Å². The summed E-state index contributed by atoms with van der Waals surface area (Å²) in [5.41, 5.74) is 11.2. The van der Waals surface area contributed by atoms with Gasteiger partial charge in [-0.25, -0.2) is 4.98 Å². The zero-order valence-corrected chi connectivity index (χ0v) is 6.12. The molecule has 0 aliphatic carbocycles. The third-order valence-electron chi connectivity index (χ3n) is 1.41. The molecule has 1 heterocycles. The van der Waals surface area contributed by atoms with Crippen LogP contribution in [-0.4, -0.2) is 21.6 Å². The van der Waals surface area contributed by atoms with E-state index in [0.717, 1.165) is 0 Å². The van der Waals surface area contributed by atoms with Gasteiger partial charge in [0.05, 0.1) is 18.0 Å². The normalized spacial score (nSPS) is 13.3. The van der Waals surface area contributed by atoms with Crippen molar-refractivity contribution in [1.29, 1.82) is 0 Å². The van der Waals surface area contributed by atoms with Gasteiger partial charge < -0.3 is 21.6 Å². The molecular weight excluding hydrogens is 144 g/mol. The summed E-state index contributed by atoms with van der Waals surface area (Å²) in [5, 5.41) is 9.33. The van der Waals surface area contributed by atoms with Gasteiger partial charge in [0.15, 0.2) is 5.95 Å². The predicted molar refractivity (Wildman–Crippen MR) is 41.6 cm³/mol. The van der Waals surface area contributed by atoms with Gasteiger partial charge in [0, 0.05) is 0 Å². The second kappa shape index (κ2) is 3.36. The number of aliphatic hydroxyl groups excluding tert-OH is 1. The number of anilines is 1. The number of H-pyrrole nitrogens is 1. The van der Waals surface area contributed by atoms with E-state index in [4.69, 9.17) is 11.5 Å². The Kier molecular flexibility index (Phi) is 2.45. The van der Waals surface area contributed by atoms with E-state index < -0.39 is 6.10 Å². The second-order valence-corrected chi connectivity index (χ2v) is 2.32. The summed E-state index contributed by atoms with van der Waals surface area (Å²) in [5.74, 6) is 0.316. The average Bonchev–Trinajstić information content (AvgIpc) is 2.36. The first-order valence-electron chi connectivity index (χ1n) is 3.42. The van der Waals surface area contributed by atoms with Gasteiger partial charge in [-0.15, -0.1) is 0 Å². The van der Waals surface area contributed by atoms with Gasteiger partial charge in [-0.05, 0) is 13.0 Å². The van der Waals surface area contributed by atoms with Gasteiger partial charge in [-0.3, -0.25) is 0 Å². The fraction of sp³-hybridized carbons (Fsp3) is 0.500. The van der Waals surface area contributed by atoms with Crippen LogP contribution in [-0.2, 0) is 0 Å².